The number of benzene rings is 5. The number of hydrogen-bond acceptors (Lipinski definition) is 6. The lowest BCUT2D eigenvalue weighted by Crippen LogP contribution is -2.37. The minimum atomic E-state index is -1.30. The zero-order valence-electron chi connectivity index (χ0n) is 26.6. The molecule has 9 nitrogen and oxygen atoms in total. The van der Waals surface area contributed by atoms with E-state index in [1.54, 1.807) is 18.5 Å². The lowest BCUT2D eigenvalue weighted by atomic mass is 9.76. The van der Waals surface area contributed by atoms with Crippen molar-refractivity contribution < 1.29 is 14.3 Å². The Balaban J connectivity index is 1.35. The predicted molar refractivity (Wildman–Crippen MR) is 192 cm³/mol. The predicted octanol–water partition coefficient (Wildman–Crippen LogP) is 8.12. The summed E-state index contributed by atoms with van der Waals surface area (Å²) in [6.45, 7) is -0.306. The number of nitrogens with zero attached hydrogens (tertiary/aromatic N) is 5. The maximum absolute atomic E-state index is 13.2. The van der Waals surface area contributed by atoms with Crippen molar-refractivity contribution in [3.63, 3.8) is 0 Å². The van der Waals surface area contributed by atoms with E-state index in [1.807, 2.05) is 102 Å². The van der Waals surface area contributed by atoms with Gasteiger partial charge in [0.15, 0.2) is 17.0 Å². The van der Waals surface area contributed by atoms with Gasteiger partial charge >= 0.3 is 11.7 Å². The van der Waals surface area contributed by atoms with Gasteiger partial charge in [0.05, 0.1) is 18.3 Å². The van der Waals surface area contributed by atoms with Crippen LogP contribution in [-0.2, 0) is 12.1 Å². The van der Waals surface area contributed by atoms with E-state index in [9.17, 15) is 14.7 Å². The number of hydrogen-bond donors (Lipinski definition) is 1. The van der Waals surface area contributed by atoms with E-state index >= 15 is 0 Å². The summed E-state index contributed by atoms with van der Waals surface area (Å²) in [5.41, 5.74) is 3.46. The van der Waals surface area contributed by atoms with E-state index in [-0.39, 0.29) is 23.6 Å². The van der Waals surface area contributed by atoms with Gasteiger partial charge < -0.3 is 9.52 Å². The Morgan fingerprint density at radius 1 is 0.680 bits per heavy atom. The number of rotatable bonds is 8. The van der Waals surface area contributed by atoms with Crippen LogP contribution < -0.4 is 10.5 Å². The second-order valence-corrected chi connectivity index (χ2v) is 11.8. The van der Waals surface area contributed by atoms with Crippen molar-refractivity contribution in [1.29, 1.82) is 0 Å². The molecule has 1 N–H and O–H groups in total. The topological polar surface area (TPSA) is 114 Å². The van der Waals surface area contributed by atoms with Gasteiger partial charge in [0.25, 0.3) is 0 Å². The van der Waals surface area contributed by atoms with Crippen LogP contribution in [0.15, 0.2) is 167 Å². The fourth-order valence-electron chi connectivity index (χ4n) is 6.88. The molecule has 0 saturated heterocycles. The Labute approximate surface area is 286 Å². The first-order valence-electron chi connectivity index (χ1n) is 16.0. The molecule has 50 heavy (non-hydrogen) atoms. The number of anilines is 1. The molecule has 0 atom stereocenters. The van der Waals surface area contributed by atoms with Crippen LogP contribution in [0.1, 0.15) is 22.5 Å². The summed E-state index contributed by atoms with van der Waals surface area (Å²) < 4.78 is 7.87. The van der Waals surface area contributed by atoms with E-state index in [0.717, 1.165) is 27.2 Å². The number of aromatic nitrogens is 4. The first-order chi connectivity index (χ1) is 24.6. The van der Waals surface area contributed by atoms with Crippen LogP contribution in [0.5, 0.6) is 0 Å². The van der Waals surface area contributed by atoms with Gasteiger partial charge in [0.2, 0.25) is 0 Å². The molecule has 0 radical (unpaired) electrons. The SMILES string of the molecule is O=C(O)N(Cc1oc(=O)c2ccccc2c1-c1ccccc1)c1ncnc2c1ncn2C(c1ccccc1)(c1ccccc1)c1ccccc1. The molecule has 1 amide bonds. The molecule has 0 saturated carbocycles. The summed E-state index contributed by atoms with van der Waals surface area (Å²) >= 11 is 0. The number of fused-ring (bicyclic) bond motifs is 2. The van der Waals surface area contributed by atoms with E-state index in [1.165, 1.54) is 6.33 Å². The molecule has 0 fully saturated rings. The fourth-order valence-corrected chi connectivity index (χ4v) is 6.88. The van der Waals surface area contributed by atoms with Gasteiger partial charge in [-0.2, -0.15) is 0 Å². The number of carboxylic acid groups (broad SMARTS) is 1. The van der Waals surface area contributed by atoms with Crippen molar-refractivity contribution in [2.24, 2.45) is 0 Å². The smallest absolute Gasteiger partial charge is 0.413 e. The van der Waals surface area contributed by atoms with Crippen molar-refractivity contribution in [2.45, 2.75) is 12.1 Å². The Morgan fingerprint density at radius 3 is 1.76 bits per heavy atom. The molecule has 0 aliphatic heterocycles. The van der Waals surface area contributed by atoms with E-state index in [2.05, 4.69) is 41.4 Å². The lowest BCUT2D eigenvalue weighted by molar-refractivity contribution is 0.200. The van der Waals surface area contributed by atoms with Crippen LogP contribution in [0.3, 0.4) is 0 Å². The molecular formula is C41H29N5O4. The number of carbonyl (C=O) groups is 1. The van der Waals surface area contributed by atoms with Crippen molar-refractivity contribution in [2.75, 3.05) is 4.90 Å². The third-order valence-electron chi connectivity index (χ3n) is 9.01. The molecular weight excluding hydrogens is 626 g/mol. The van der Waals surface area contributed by atoms with Crippen LogP contribution in [0.25, 0.3) is 33.1 Å². The molecule has 0 spiro atoms. The minimum Gasteiger partial charge on any atom is -0.465 e. The molecule has 242 valence electrons. The molecule has 0 bridgehead atoms. The fraction of sp³-hybridized carbons (Fsp3) is 0.0488. The molecule has 3 aromatic heterocycles. The van der Waals surface area contributed by atoms with Crippen molar-refractivity contribution in [1.82, 2.24) is 19.5 Å². The summed E-state index contributed by atoms with van der Waals surface area (Å²) in [4.78, 5) is 41.4. The molecule has 9 heteroatoms. The quantitative estimate of drug-likeness (QED) is 0.164. The standard InChI is InChI=1S/C41H29N5O4/c47-39-33-24-14-13-23-32(33)35(28-15-5-1-6-16-28)34(50-39)25-45(40(48)49)37-36-38(43-26-42-37)46(27-44-36)41(29-17-7-2-8-18-29,30-19-9-3-10-20-30)31-21-11-4-12-22-31/h1-24,26-27H,25H2,(H,48,49). The highest BCUT2D eigenvalue weighted by molar-refractivity contribution is 5.98. The van der Waals surface area contributed by atoms with Crippen molar-refractivity contribution >= 4 is 33.8 Å². The van der Waals surface area contributed by atoms with E-state index in [4.69, 9.17) is 14.4 Å². The van der Waals surface area contributed by atoms with Gasteiger partial charge in [-0.3, -0.25) is 9.47 Å². The highest BCUT2D eigenvalue weighted by Crippen LogP contribution is 2.43. The average Bonchev–Trinajstić information content (AvgIpc) is 3.61. The summed E-state index contributed by atoms with van der Waals surface area (Å²) in [7, 11) is 0. The molecule has 8 rings (SSSR count). The third kappa shape index (κ3) is 5.00. The molecule has 0 unspecified atom stereocenters. The maximum atomic E-state index is 13.2. The van der Waals surface area contributed by atoms with Crippen LogP contribution in [-0.4, -0.2) is 30.7 Å². The van der Waals surface area contributed by atoms with E-state index in [0.29, 0.717) is 22.0 Å². The Bertz CT molecular complexity index is 2420. The summed E-state index contributed by atoms with van der Waals surface area (Å²) in [6, 6.07) is 46.8. The van der Waals surface area contributed by atoms with Crippen LogP contribution in [0, 0.1) is 0 Å². The Hall–Kier alpha value is -6.87. The highest BCUT2D eigenvalue weighted by Gasteiger charge is 2.40. The zero-order chi connectivity index (χ0) is 34.1. The van der Waals surface area contributed by atoms with Gasteiger partial charge in [-0.25, -0.2) is 24.5 Å². The first kappa shape index (κ1) is 30.5. The molecule has 5 aromatic carbocycles. The number of imidazole rings is 1. The second kappa shape index (κ2) is 12.6. The molecule has 3 heterocycles. The summed E-state index contributed by atoms with van der Waals surface area (Å²) in [6.07, 6.45) is 1.72. The first-order valence-corrected chi connectivity index (χ1v) is 16.0. The van der Waals surface area contributed by atoms with Gasteiger partial charge in [-0.05, 0) is 28.3 Å². The van der Waals surface area contributed by atoms with Gasteiger partial charge in [0, 0.05) is 10.9 Å². The monoisotopic (exact) mass is 655 g/mol. The number of amides is 1. The van der Waals surface area contributed by atoms with Crippen LogP contribution in [0.2, 0.25) is 0 Å². The van der Waals surface area contributed by atoms with Gasteiger partial charge in [-0.15, -0.1) is 0 Å². The molecule has 0 aliphatic carbocycles. The second-order valence-electron chi connectivity index (χ2n) is 11.8. The lowest BCUT2D eigenvalue weighted by Gasteiger charge is -2.37. The van der Waals surface area contributed by atoms with Crippen molar-refractivity contribution in [3.05, 3.63) is 191 Å². The molecule has 8 aromatic rings. The third-order valence-corrected chi connectivity index (χ3v) is 9.01. The normalized spacial score (nSPS) is 11.5. The van der Waals surface area contributed by atoms with E-state index < -0.39 is 17.3 Å². The summed E-state index contributed by atoms with van der Waals surface area (Å²) in [5, 5.41) is 11.8. The Kier molecular flexibility index (Phi) is 7.69. The van der Waals surface area contributed by atoms with Crippen LogP contribution >= 0.6 is 0 Å². The molecule has 0 aliphatic rings. The zero-order valence-corrected chi connectivity index (χ0v) is 26.6. The highest BCUT2D eigenvalue weighted by atomic mass is 16.4. The minimum absolute atomic E-state index is 0.0548. The summed E-state index contributed by atoms with van der Waals surface area (Å²) in [5.74, 6) is 0.236. The maximum Gasteiger partial charge on any atom is 0.413 e. The van der Waals surface area contributed by atoms with Gasteiger partial charge in [-0.1, -0.05) is 140 Å². The largest absolute Gasteiger partial charge is 0.465 e. The average molecular weight is 656 g/mol. The van der Waals surface area contributed by atoms with Crippen LogP contribution in [0.4, 0.5) is 10.6 Å². The van der Waals surface area contributed by atoms with Crippen molar-refractivity contribution in [3.8, 4) is 11.1 Å². The van der Waals surface area contributed by atoms with Gasteiger partial charge in [0.1, 0.15) is 17.6 Å². The Morgan fingerprint density at radius 2 is 1.20 bits per heavy atom.